The summed E-state index contributed by atoms with van der Waals surface area (Å²) in [6.45, 7) is 1.28. The molecule has 2 heterocycles. The Bertz CT molecular complexity index is 1560. The number of aryl methyl sites for hydroxylation is 1. The number of benzene rings is 2. The van der Waals surface area contributed by atoms with Gasteiger partial charge in [0.25, 0.3) is 5.91 Å². The molecule has 0 bridgehead atoms. The Labute approximate surface area is 208 Å². The number of halogens is 3. The number of rotatable bonds is 5. The van der Waals surface area contributed by atoms with Crippen LogP contribution in [0.3, 0.4) is 0 Å². The summed E-state index contributed by atoms with van der Waals surface area (Å²) in [7, 11) is 1.25. The van der Waals surface area contributed by atoms with Crippen LogP contribution in [0, 0.1) is 6.92 Å². The molecule has 0 spiro atoms. The highest BCUT2D eigenvalue weighted by Gasteiger charge is 2.30. The number of carbonyl (C=O) groups excluding carboxylic acids is 2. The SMILES string of the molecule is COC(=O)c1ccc(N=c2oc3c(C)ncc(CO)c3cc2C(=O)Nc2cccc(C(F)(F)F)c2)cc1. The van der Waals surface area contributed by atoms with Crippen molar-refractivity contribution in [1.29, 1.82) is 0 Å². The summed E-state index contributed by atoms with van der Waals surface area (Å²) in [4.78, 5) is 33.5. The van der Waals surface area contributed by atoms with Crippen molar-refractivity contribution in [2.45, 2.75) is 19.7 Å². The molecule has 0 atom stereocenters. The molecule has 0 radical (unpaired) electrons. The van der Waals surface area contributed by atoms with E-state index in [1.807, 2.05) is 0 Å². The zero-order valence-electron chi connectivity index (χ0n) is 19.6. The quantitative estimate of drug-likeness (QED) is 0.368. The van der Waals surface area contributed by atoms with Gasteiger partial charge in [0.15, 0.2) is 5.58 Å². The largest absolute Gasteiger partial charge is 0.465 e. The zero-order chi connectivity index (χ0) is 26.7. The molecule has 37 heavy (non-hydrogen) atoms. The van der Waals surface area contributed by atoms with Gasteiger partial charge in [0.05, 0.1) is 36.2 Å². The Balaban J connectivity index is 1.85. The van der Waals surface area contributed by atoms with Crippen LogP contribution < -0.4 is 10.9 Å². The van der Waals surface area contributed by atoms with Crippen molar-refractivity contribution in [1.82, 2.24) is 4.98 Å². The highest BCUT2D eigenvalue weighted by atomic mass is 19.4. The van der Waals surface area contributed by atoms with Crippen molar-refractivity contribution in [2.24, 2.45) is 4.99 Å². The predicted octanol–water partition coefficient (Wildman–Crippen LogP) is 4.92. The van der Waals surface area contributed by atoms with E-state index in [1.165, 1.54) is 55.8 Å². The minimum atomic E-state index is -4.59. The number of fused-ring (bicyclic) bond motifs is 1. The molecule has 11 heteroatoms. The smallest absolute Gasteiger partial charge is 0.416 e. The van der Waals surface area contributed by atoms with E-state index in [2.05, 4.69) is 20.0 Å². The van der Waals surface area contributed by atoms with Crippen LogP contribution in [0.4, 0.5) is 24.5 Å². The molecule has 0 aliphatic heterocycles. The number of alkyl halides is 3. The molecule has 0 saturated heterocycles. The number of hydrogen-bond acceptors (Lipinski definition) is 7. The van der Waals surface area contributed by atoms with Crippen LogP contribution in [0.5, 0.6) is 0 Å². The second-order valence-corrected chi connectivity index (χ2v) is 7.92. The van der Waals surface area contributed by atoms with Crippen molar-refractivity contribution in [3.63, 3.8) is 0 Å². The van der Waals surface area contributed by atoms with Crippen LogP contribution in [0.2, 0.25) is 0 Å². The van der Waals surface area contributed by atoms with Gasteiger partial charge in [-0.25, -0.2) is 9.79 Å². The van der Waals surface area contributed by atoms with Crippen molar-refractivity contribution < 1.29 is 37.0 Å². The lowest BCUT2D eigenvalue weighted by Crippen LogP contribution is -2.22. The van der Waals surface area contributed by atoms with E-state index in [1.54, 1.807) is 6.92 Å². The van der Waals surface area contributed by atoms with E-state index >= 15 is 0 Å². The standard InChI is InChI=1S/C26H20F3N3O5/c1-14-22-20(16(13-33)12-30-14)11-21(23(34)31-19-5-3-4-17(10-19)26(27,28)29)24(37-22)32-18-8-6-15(7-9-18)25(35)36-2/h3-12,33H,13H2,1-2H3,(H,31,34). The second kappa shape index (κ2) is 10.2. The molecular weight excluding hydrogens is 491 g/mol. The van der Waals surface area contributed by atoms with Crippen molar-refractivity contribution in [3.8, 4) is 0 Å². The molecule has 4 rings (SSSR count). The lowest BCUT2D eigenvalue weighted by Gasteiger charge is -2.11. The van der Waals surface area contributed by atoms with E-state index in [0.29, 0.717) is 22.3 Å². The first-order chi connectivity index (χ1) is 17.6. The van der Waals surface area contributed by atoms with Crippen LogP contribution in [0.25, 0.3) is 11.0 Å². The normalized spacial score (nSPS) is 12.0. The van der Waals surface area contributed by atoms with Gasteiger partial charge in [-0.1, -0.05) is 6.07 Å². The minimum absolute atomic E-state index is 0.0819. The highest BCUT2D eigenvalue weighted by Crippen LogP contribution is 2.31. The fourth-order valence-corrected chi connectivity index (χ4v) is 3.54. The number of carbonyl (C=O) groups is 2. The molecule has 4 aromatic rings. The van der Waals surface area contributed by atoms with Crippen LogP contribution in [0.15, 0.2) is 70.2 Å². The third-order valence-electron chi connectivity index (χ3n) is 5.43. The third-order valence-corrected chi connectivity index (χ3v) is 5.43. The van der Waals surface area contributed by atoms with Crippen LogP contribution in [0.1, 0.15) is 37.5 Å². The van der Waals surface area contributed by atoms with Crippen LogP contribution in [-0.2, 0) is 17.5 Å². The van der Waals surface area contributed by atoms with Gasteiger partial charge in [0, 0.05) is 22.8 Å². The first-order valence-corrected chi connectivity index (χ1v) is 10.9. The molecule has 190 valence electrons. The number of esters is 1. The number of ether oxygens (including phenoxy) is 1. The van der Waals surface area contributed by atoms with Gasteiger partial charge in [-0.05, 0) is 55.5 Å². The molecule has 1 amide bonds. The van der Waals surface area contributed by atoms with E-state index in [0.717, 1.165) is 12.1 Å². The Hall–Kier alpha value is -4.51. The maximum absolute atomic E-state index is 13.2. The van der Waals surface area contributed by atoms with Gasteiger partial charge in [-0.15, -0.1) is 0 Å². The first kappa shape index (κ1) is 25.6. The summed E-state index contributed by atoms with van der Waals surface area (Å²) in [5.74, 6) is -1.32. The molecule has 0 saturated carbocycles. The van der Waals surface area contributed by atoms with Crippen molar-refractivity contribution in [2.75, 3.05) is 12.4 Å². The minimum Gasteiger partial charge on any atom is -0.465 e. The summed E-state index contributed by atoms with van der Waals surface area (Å²) >= 11 is 0. The average molecular weight is 511 g/mol. The summed E-state index contributed by atoms with van der Waals surface area (Å²) in [5, 5.41) is 12.6. The van der Waals surface area contributed by atoms with E-state index in [9.17, 15) is 27.9 Å². The van der Waals surface area contributed by atoms with Gasteiger partial charge >= 0.3 is 12.1 Å². The van der Waals surface area contributed by atoms with E-state index in [4.69, 9.17) is 4.42 Å². The summed E-state index contributed by atoms with van der Waals surface area (Å²) in [6.07, 6.45) is -3.15. The lowest BCUT2D eigenvalue weighted by molar-refractivity contribution is -0.137. The first-order valence-electron chi connectivity index (χ1n) is 10.9. The molecule has 2 aromatic heterocycles. The predicted molar refractivity (Wildman–Crippen MR) is 127 cm³/mol. The molecule has 0 aliphatic carbocycles. The monoisotopic (exact) mass is 511 g/mol. The lowest BCUT2D eigenvalue weighted by atomic mass is 10.1. The molecule has 2 N–H and O–H groups in total. The Morgan fingerprint density at radius 1 is 1.14 bits per heavy atom. The summed E-state index contributed by atoms with van der Waals surface area (Å²) in [6, 6.07) is 11.6. The van der Waals surface area contributed by atoms with Crippen molar-refractivity contribution in [3.05, 3.63) is 94.3 Å². The summed E-state index contributed by atoms with van der Waals surface area (Å²) < 4.78 is 50.0. The van der Waals surface area contributed by atoms with Gasteiger partial charge in [0.2, 0.25) is 5.55 Å². The number of aliphatic hydroxyl groups excluding tert-OH is 1. The van der Waals surface area contributed by atoms with Gasteiger partial charge in [-0.2, -0.15) is 13.2 Å². The summed E-state index contributed by atoms with van der Waals surface area (Å²) in [5.41, 5.74) is 0.480. The second-order valence-electron chi connectivity index (χ2n) is 7.92. The average Bonchev–Trinajstić information content (AvgIpc) is 2.88. The molecule has 2 aromatic carbocycles. The molecular formula is C26H20F3N3O5. The number of pyridine rings is 1. The number of aromatic nitrogens is 1. The Kier molecular flexibility index (Phi) is 7.07. The Morgan fingerprint density at radius 3 is 2.51 bits per heavy atom. The number of methoxy groups -OCH3 is 1. The van der Waals surface area contributed by atoms with Crippen molar-refractivity contribution >= 4 is 34.2 Å². The zero-order valence-corrected chi connectivity index (χ0v) is 19.6. The number of nitrogens with zero attached hydrogens (tertiary/aromatic N) is 2. The van der Waals surface area contributed by atoms with Gasteiger partial charge in [-0.3, -0.25) is 9.78 Å². The molecule has 0 fully saturated rings. The molecule has 8 nitrogen and oxygen atoms in total. The fraction of sp³-hybridized carbons (Fsp3) is 0.154. The van der Waals surface area contributed by atoms with Gasteiger partial charge in [0.1, 0.15) is 5.56 Å². The topological polar surface area (TPSA) is 114 Å². The maximum Gasteiger partial charge on any atom is 0.416 e. The molecule has 0 unspecified atom stereocenters. The van der Waals surface area contributed by atoms with E-state index in [-0.39, 0.29) is 34.6 Å². The maximum atomic E-state index is 13.2. The number of aliphatic hydroxyl groups is 1. The van der Waals surface area contributed by atoms with E-state index < -0.39 is 23.6 Å². The fourth-order valence-electron chi connectivity index (χ4n) is 3.54. The van der Waals surface area contributed by atoms with Gasteiger partial charge < -0.3 is 19.6 Å². The number of amides is 1. The molecule has 0 aliphatic rings. The van der Waals surface area contributed by atoms with Crippen LogP contribution in [-0.4, -0.2) is 29.1 Å². The number of anilines is 1. The number of nitrogens with one attached hydrogen (secondary N) is 1. The highest BCUT2D eigenvalue weighted by molar-refractivity contribution is 6.05. The van der Waals surface area contributed by atoms with Crippen LogP contribution >= 0.6 is 0 Å². The Morgan fingerprint density at radius 2 is 1.86 bits per heavy atom. The third kappa shape index (κ3) is 5.51. The number of hydrogen-bond donors (Lipinski definition) is 2.